The fraction of sp³-hybridized carbons (Fsp3) is 1.00. The number of unbranched alkanes of at least 4 members (excludes halogenated alkanes) is 7. The molecule has 0 spiro atoms. The second-order valence-corrected chi connectivity index (χ2v) is 6.60. The normalized spacial score (nSPS) is 24.3. The lowest BCUT2D eigenvalue weighted by Crippen LogP contribution is -2.43. The van der Waals surface area contributed by atoms with Crippen LogP contribution >= 0.6 is 0 Å². The largest absolute Gasteiger partial charge is 0.311 e. The summed E-state index contributed by atoms with van der Waals surface area (Å²) < 4.78 is 0. The van der Waals surface area contributed by atoms with Gasteiger partial charge in [0.25, 0.3) is 0 Å². The van der Waals surface area contributed by atoms with Crippen LogP contribution in [0.3, 0.4) is 0 Å². The Balaban J connectivity index is 2.05. The monoisotopic (exact) mass is 267 g/mol. The van der Waals surface area contributed by atoms with E-state index in [4.69, 9.17) is 0 Å². The number of hydrogen-bond donors (Lipinski definition) is 1. The molecule has 1 heteroatoms. The van der Waals surface area contributed by atoms with E-state index in [0.717, 1.165) is 0 Å². The third-order valence-electron chi connectivity index (χ3n) is 5.02. The fourth-order valence-electron chi connectivity index (χ4n) is 3.50. The van der Waals surface area contributed by atoms with Crippen LogP contribution in [0, 0.1) is 0 Å². The van der Waals surface area contributed by atoms with Gasteiger partial charge in [0.1, 0.15) is 0 Å². The predicted molar refractivity (Wildman–Crippen MR) is 86.7 cm³/mol. The molecule has 0 aromatic rings. The van der Waals surface area contributed by atoms with E-state index in [9.17, 15) is 0 Å². The molecule has 0 amide bonds. The molecular formula is C18H37N. The van der Waals surface area contributed by atoms with Crippen LogP contribution in [-0.2, 0) is 0 Å². The van der Waals surface area contributed by atoms with Crippen molar-refractivity contribution < 1.29 is 0 Å². The van der Waals surface area contributed by atoms with E-state index in [1.165, 1.54) is 96.4 Å². The minimum absolute atomic E-state index is 0.499. The van der Waals surface area contributed by atoms with Crippen LogP contribution in [0.1, 0.15) is 104 Å². The number of hydrogen-bond acceptors (Lipinski definition) is 1. The van der Waals surface area contributed by atoms with E-state index < -0.39 is 0 Å². The van der Waals surface area contributed by atoms with Gasteiger partial charge in [0, 0.05) is 5.54 Å². The Kier molecular flexibility index (Phi) is 9.59. The second kappa shape index (κ2) is 10.7. The Bertz CT molecular complexity index is 192. The minimum atomic E-state index is 0.499. The molecule has 0 aromatic carbocycles. The van der Waals surface area contributed by atoms with Gasteiger partial charge < -0.3 is 5.32 Å². The van der Waals surface area contributed by atoms with Crippen LogP contribution < -0.4 is 5.32 Å². The molecule has 0 aliphatic carbocycles. The molecule has 19 heavy (non-hydrogen) atoms. The standard InChI is InChI=1S/C18H37N/c1-3-5-6-7-8-9-10-12-15-18(4-2)16-13-11-14-17-19-18/h19H,3-17H2,1-2H3. The van der Waals surface area contributed by atoms with Gasteiger partial charge in [-0.25, -0.2) is 0 Å². The topological polar surface area (TPSA) is 12.0 Å². The summed E-state index contributed by atoms with van der Waals surface area (Å²) in [5, 5.41) is 3.86. The van der Waals surface area contributed by atoms with Gasteiger partial charge >= 0.3 is 0 Å². The summed E-state index contributed by atoms with van der Waals surface area (Å²) >= 11 is 0. The minimum Gasteiger partial charge on any atom is -0.311 e. The lowest BCUT2D eigenvalue weighted by atomic mass is 9.85. The van der Waals surface area contributed by atoms with Gasteiger partial charge in [0.15, 0.2) is 0 Å². The van der Waals surface area contributed by atoms with Crippen molar-refractivity contribution >= 4 is 0 Å². The number of rotatable bonds is 10. The molecule has 1 nitrogen and oxygen atoms in total. The third-order valence-corrected chi connectivity index (χ3v) is 5.02. The van der Waals surface area contributed by atoms with Crippen molar-refractivity contribution in [2.45, 2.75) is 109 Å². The molecule has 0 bridgehead atoms. The molecule has 1 unspecified atom stereocenters. The second-order valence-electron chi connectivity index (χ2n) is 6.60. The average molecular weight is 268 g/mol. The third kappa shape index (κ3) is 7.34. The van der Waals surface area contributed by atoms with Gasteiger partial charge in [-0.3, -0.25) is 0 Å². The van der Waals surface area contributed by atoms with Crippen LogP contribution in [-0.4, -0.2) is 12.1 Å². The summed E-state index contributed by atoms with van der Waals surface area (Å²) in [4.78, 5) is 0. The van der Waals surface area contributed by atoms with Crippen LogP contribution in [0.25, 0.3) is 0 Å². The molecule has 1 rings (SSSR count). The summed E-state index contributed by atoms with van der Waals surface area (Å²) in [6, 6.07) is 0. The molecule has 1 N–H and O–H groups in total. The van der Waals surface area contributed by atoms with Crippen LogP contribution in [0.5, 0.6) is 0 Å². The Morgan fingerprint density at radius 3 is 2.16 bits per heavy atom. The zero-order valence-corrected chi connectivity index (χ0v) is 13.6. The van der Waals surface area contributed by atoms with E-state index in [-0.39, 0.29) is 0 Å². The van der Waals surface area contributed by atoms with Crippen molar-refractivity contribution in [2.75, 3.05) is 6.54 Å². The highest BCUT2D eigenvalue weighted by Crippen LogP contribution is 2.28. The van der Waals surface area contributed by atoms with Gasteiger partial charge in [-0.1, -0.05) is 78.1 Å². The molecule has 1 saturated heterocycles. The lowest BCUT2D eigenvalue weighted by molar-refractivity contribution is 0.273. The highest BCUT2D eigenvalue weighted by molar-refractivity contribution is 4.88. The molecule has 0 saturated carbocycles. The van der Waals surface area contributed by atoms with E-state index in [2.05, 4.69) is 19.2 Å². The quantitative estimate of drug-likeness (QED) is 0.491. The molecule has 0 radical (unpaired) electrons. The van der Waals surface area contributed by atoms with Crippen molar-refractivity contribution in [3.63, 3.8) is 0 Å². The first kappa shape index (κ1) is 17.0. The summed E-state index contributed by atoms with van der Waals surface area (Å²) in [5.74, 6) is 0. The average Bonchev–Trinajstić information content (AvgIpc) is 2.68. The summed E-state index contributed by atoms with van der Waals surface area (Å²) in [6.07, 6.45) is 20.0. The molecular weight excluding hydrogens is 230 g/mol. The van der Waals surface area contributed by atoms with Gasteiger partial charge in [0.05, 0.1) is 0 Å². The maximum atomic E-state index is 3.86. The molecule has 1 aliphatic rings. The van der Waals surface area contributed by atoms with Crippen LogP contribution in [0.2, 0.25) is 0 Å². The van der Waals surface area contributed by atoms with Crippen molar-refractivity contribution in [1.29, 1.82) is 0 Å². The molecule has 114 valence electrons. The first-order valence-corrected chi connectivity index (χ1v) is 9.08. The van der Waals surface area contributed by atoms with Gasteiger partial charge in [0.2, 0.25) is 0 Å². The van der Waals surface area contributed by atoms with Gasteiger partial charge in [-0.2, -0.15) is 0 Å². The van der Waals surface area contributed by atoms with Gasteiger partial charge in [-0.15, -0.1) is 0 Å². The van der Waals surface area contributed by atoms with E-state index in [1.807, 2.05) is 0 Å². The predicted octanol–water partition coefficient (Wildman–Crippen LogP) is 5.83. The number of nitrogens with one attached hydrogen (secondary N) is 1. The van der Waals surface area contributed by atoms with Crippen molar-refractivity contribution in [3.05, 3.63) is 0 Å². The SMILES string of the molecule is CCCCCCCCCCC1(CC)CCCCCN1. The van der Waals surface area contributed by atoms with E-state index in [0.29, 0.717) is 5.54 Å². The van der Waals surface area contributed by atoms with E-state index >= 15 is 0 Å². The summed E-state index contributed by atoms with van der Waals surface area (Å²) in [7, 11) is 0. The Hall–Kier alpha value is -0.0400. The smallest absolute Gasteiger partial charge is 0.0178 e. The first-order chi connectivity index (χ1) is 9.33. The first-order valence-electron chi connectivity index (χ1n) is 9.08. The maximum absolute atomic E-state index is 3.86. The Morgan fingerprint density at radius 2 is 1.47 bits per heavy atom. The van der Waals surface area contributed by atoms with Crippen molar-refractivity contribution in [2.24, 2.45) is 0 Å². The Morgan fingerprint density at radius 1 is 0.789 bits per heavy atom. The molecule has 0 aromatic heterocycles. The van der Waals surface area contributed by atoms with E-state index in [1.54, 1.807) is 0 Å². The van der Waals surface area contributed by atoms with Crippen LogP contribution in [0.4, 0.5) is 0 Å². The highest BCUT2D eigenvalue weighted by Gasteiger charge is 2.27. The lowest BCUT2D eigenvalue weighted by Gasteiger charge is -2.33. The molecule has 1 aliphatic heterocycles. The fourth-order valence-corrected chi connectivity index (χ4v) is 3.50. The zero-order chi connectivity index (χ0) is 13.8. The van der Waals surface area contributed by atoms with Crippen molar-refractivity contribution in [3.8, 4) is 0 Å². The van der Waals surface area contributed by atoms with Gasteiger partial charge in [-0.05, 0) is 32.2 Å². The zero-order valence-electron chi connectivity index (χ0n) is 13.6. The molecule has 1 fully saturated rings. The summed E-state index contributed by atoms with van der Waals surface area (Å²) in [5.41, 5.74) is 0.499. The van der Waals surface area contributed by atoms with Crippen LogP contribution in [0.15, 0.2) is 0 Å². The molecule has 1 heterocycles. The molecule has 1 atom stereocenters. The highest BCUT2D eigenvalue weighted by atomic mass is 15.0. The maximum Gasteiger partial charge on any atom is 0.0178 e. The van der Waals surface area contributed by atoms with Crippen molar-refractivity contribution in [1.82, 2.24) is 5.32 Å². The summed E-state index contributed by atoms with van der Waals surface area (Å²) in [6.45, 7) is 5.93. The Labute approximate surface area is 121 Å².